The van der Waals surface area contributed by atoms with Gasteiger partial charge < -0.3 is 15.3 Å². The summed E-state index contributed by atoms with van der Waals surface area (Å²) in [6.45, 7) is -0.242. The third kappa shape index (κ3) is 2.90. The predicted octanol–water partition coefficient (Wildman–Crippen LogP) is 1.31. The normalized spacial score (nSPS) is 20.6. The minimum Gasteiger partial charge on any atom is -0.386 e. The lowest BCUT2D eigenvalue weighted by Crippen LogP contribution is -2.41. The fourth-order valence-corrected chi connectivity index (χ4v) is 2.18. The van der Waals surface area contributed by atoms with Gasteiger partial charge in [0.25, 0.3) is 6.43 Å². The van der Waals surface area contributed by atoms with Gasteiger partial charge in [-0.1, -0.05) is 18.2 Å². The molecule has 6 heteroatoms. The average molecular weight is 270 g/mol. The maximum atomic E-state index is 12.3. The molecule has 0 saturated carbocycles. The molecule has 1 aromatic rings. The molecule has 2 atom stereocenters. The van der Waals surface area contributed by atoms with Crippen molar-refractivity contribution in [1.82, 2.24) is 5.32 Å². The third-order valence-corrected chi connectivity index (χ3v) is 3.29. The molecule has 4 nitrogen and oxygen atoms in total. The van der Waals surface area contributed by atoms with Crippen molar-refractivity contribution >= 4 is 11.6 Å². The zero-order valence-electron chi connectivity index (χ0n) is 10.5. The summed E-state index contributed by atoms with van der Waals surface area (Å²) in [4.78, 5) is 13.4. The van der Waals surface area contributed by atoms with E-state index in [2.05, 4.69) is 5.32 Å². The topological polar surface area (TPSA) is 52.6 Å². The molecular weight excluding hydrogens is 254 g/mol. The number of rotatable bonds is 4. The Morgan fingerprint density at radius 2 is 2.16 bits per heavy atom. The monoisotopic (exact) mass is 270 g/mol. The van der Waals surface area contributed by atoms with Crippen LogP contribution in [0.15, 0.2) is 24.3 Å². The van der Waals surface area contributed by atoms with Crippen LogP contribution < -0.4 is 10.2 Å². The van der Waals surface area contributed by atoms with E-state index in [1.165, 1.54) is 0 Å². The summed E-state index contributed by atoms with van der Waals surface area (Å²) < 4.78 is 24.5. The highest BCUT2D eigenvalue weighted by Gasteiger charge is 2.29. The summed E-state index contributed by atoms with van der Waals surface area (Å²) in [6, 6.07) is 6.97. The average Bonchev–Trinajstić information content (AvgIpc) is 2.40. The Bertz CT molecular complexity index is 468. The van der Waals surface area contributed by atoms with E-state index in [0.29, 0.717) is 0 Å². The number of hydrogen-bond donors (Lipinski definition) is 2. The number of amides is 1. The quantitative estimate of drug-likeness (QED) is 0.867. The number of aliphatic hydroxyl groups excluding tert-OH is 1. The van der Waals surface area contributed by atoms with Crippen LogP contribution in [0.4, 0.5) is 14.5 Å². The van der Waals surface area contributed by atoms with Crippen molar-refractivity contribution in [2.75, 3.05) is 18.5 Å². The van der Waals surface area contributed by atoms with Gasteiger partial charge in [0.15, 0.2) is 0 Å². The molecular formula is C13H16F2N2O2. The minimum absolute atomic E-state index is 0.0808. The fourth-order valence-electron chi connectivity index (χ4n) is 2.18. The highest BCUT2D eigenvalue weighted by atomic mass is 19.3. The molecule has 2 N–H and O–H groups in total. The number of aliphatic hydroxyl groups is 1. The summed E-state index contributed by atoms with van der Waals surface area (Å²) in [5.41, 5.74) is 1.65. The van der Waals surface area contributed by atoms with Crippen LogP contribution in [0, 0.1) is 0 Å². The largest absolute Gasteiger partial charge is 0.386 e. The minimum atomic E-state index is -2.79. The van der Waals surface area contributed by atoms with Crippen molar-refractivity contribution in [3.8, 4) is 0 Å². The van der Waals surface area contributed by atoms with Crippen LogP contribution >= 0.6 is 0 Å². The number of carbonyl (C=O) groups is 1. The van der Waals surface area contributed by atoms with Crippen LogP contribution in [0.3, 0.4) is 0 Å². The van der Waals surface area contributed by atoms with E-state index in [1.54, 1.807) is 11.9 Å². The van der Waals surface area contributed by atoms with Crippen molar-refractivity contribution in [3.63, 3.8) is 0 Å². The predicted molar refractivity (Wildman–Crippen MR) is 67.2 cm³/mol. The number of fused-ring (bicyclic) bond motifs is 1. The molecule has 1 heterocycles. The van der Waals surface area contributed by atoms with Gasteiger partial charge in [-0.05, 0) is 11.6 Å². The molecule has 2 unspecified atom stereocenters. The van der Waals surface area contributed by atoms with Crippen molar-refractivity contribution in [2.24, 2.45) is 0 Å². The van der Waals surface area contributed by atoms with E-state index >= 15 is 0 Å². The molecule has 0 aromatic heterocycles. The van der Waals surface area contributed by atoms with Crippen LogP contribution in [0.5, 0.6) is 0 Å². The maximum absolute atomic E-state index is 12.3. The van der Waals surface area contributed by atoms with E-state index in [1.807, 2.05) is 24.3 Å². The summed E-state index contributed by atoms with van der Waals surface area (Å²) in [5.74, 6) is -0.0808. The summed E-state index contributed by atoms with van der Waals surface area (Å²) in [6.07, 6.45) is -4.31. The molecule has 2 rings (SSSR count). The molecule has 0 aliphatic carbocycles. The zero-order valence-corrected chi connectivity index (χ0v) is 10.5. The highest BCUT2D eigenvalue weighted by molar-refractivity contribution is 5.96. The number of hydrogen-bond acceptors (Lipinski definition) is 3. The number of benzene rings is 1. The number of anilines is 1. The third-order valence-electron chi connectivity index (χ3n) is 3.29. The van der Waals surface area contributed by atoms with Crippen molar-refractivity contribution < 1.29 is 18.7 Å². The van der Waals surface area contributed by atoms with Crippen molar-refractivity contribution in [2.45, 2.75) is 25.0 Å². The number of para-hydroxylation sites is 1. The second-order valence-corrected chi connectivity index (χ2v) is 4.58. The van der Waals surface area contributed by atoms with E-state index in [0.717, 1.165) is 11.3 Å². The van der Waals surface area contributed by atoms with Crippen molar-refractivity contribution in [1.29, 1.82) is 0 Å². The van der Waals surface area contributed by atoms with E-state index in [-0.39, 0.29) is 24.9 Å². The molecule has 1 aliphatic heterocycles. The van der Waals surface area contributed by atoms with E-state index < -0.39 is 12.5 Å². The van der Waals surface area contributed by atoms with E-state index in [4.69, 9.17) is 5.11 Å². The summed E-state index contributed by atoms with van der Waals surface area (Å²) in [7, 11) is 1.69. The number of nitrogens with zero attached hydrogens (tertiary/aromatic N) is 1. The molecule has 19 heavy (non-hydrogen) atoms. The molecule has 1 amide bonds. The lowest BCUT2D eigenvalue weighted by atomic mass is 9.96. The van der Waals surface area contributed by atoms with Crippen LogP contribution in [0.1, 0.15) is 18.0 Å². The first-order valence-electron chi connectivity index (χ1n) is 6.05. The second-order valence-electron chi connectivity index (χ2n) is 4.58. The van der Waals surface area contributed by atoms with Gasteiger partial charge in [0.05, 0.1) is 0 Å². The first-order valence-corrected chi connectivity index (χ1v) is 6.05. The Hall–Kier alpha value is -1.53. The number of halogens is 2. The molecule has 0 saturated heterocycles. The summed E-state index contributed by atoms with van der Waals surface area (Å²) >= 11 is 0. The van der Waals surface area contributed by atoms with Gasteiger partial charge in [-0.15, -0.1) is 0 Å². The van der Waals surface area contributed by atoms with Gasteiger partial charge in [0, 0.05) is 31.7 Å². The Morgan fingerprint density at radius 1 is 1.47 bits per heavy atom. The maximum Gasteiger partial charge on any atom is 0.265 e. The van der Waals surface area contributed by atoms with Crippen LogP contribution in [-0.4, -0.2) is 37.1 Å². The number of alkyl halides is 2. The highest BCUT2D eigenvalue weighted by Crippen LogP contribution is 2.33. The Balaban J connectivity index is 2.14. The molecule has 0 fully saturated rings. The molecule has 1 aromatic carbocycles. The van der Waals surface area contributed by atoms with Crippen LogP contribution in [0.2, 0.25) is 0 Å². The standard InChI is InChI=1S/C13H16F2N2O2/c1-17-10-5-3-2-4-8(10)9(6-12(17)19)16-7-11(18)13(14)15/h2-5,9,11,13,16,18H,6-7H2,1H3. The van der Waals surface area contributed by atoms with Gasteiger partial charge in [-0.2, -0.15) is 0 Å². The first kappa shape index (κ1) is 13.9. The van der Waals surface area contributed by atoms with E-state index in [9.17, 15) is 13.6 Å². The Kier molecular flexibility index (Phi) is 4.11. The lowest BCUT2D eigenvalue weighted by Gasteiger charge is -2.32. The van der Waals surface area contributed by atoms with Gasteiger partial charge in [-0.3, -0.25) is 4.79 Å². The van der Waals surface area contributed by atoms with Crippen LogP contribution in [0.25, 0.3) is 0 Å². The second kappa shape index (κ2) is 5.63. The Morgan fingerprint density at radius 3 is 2.84 bits per heavy atom. The zero-order chi connectivity index (χ0) is 14.0. The fraction of sp³-hybridized carbons (Fsp3) is 0.462. The smallest absolute Gasteiger partial charge is 0.265 e. The molecule has 1 aliphatic rings. The lowest BCUT2D eigenvalue weighted by molar-refractivity contribution is -0.119. The number of nitrogens with one attached hydrogen (secondary N) is 1. The molecule has 0 spiro atoms. The molecule has 104 valence electrons. The molecule has 0 bridgehead atoms. The van der Waals surface area contributed by atoms with Gasteiger partial charge >= 0.3 is 0 Å². The molecule has 0 radical (unpaired) electrons. The van der Waals surface area contributed by atoms with Crippen LogP contribution in [-0.2, 0) is 4.79 Å². The first-order chi connectivity index (χ1) is 9.00. The van der Waals surface area contributed by atoms with Gasteiger partial charge in [0.1, 0.15) is 6.10 Å². The van der Waals surface area contributed by atoms with Gasteiger partial charge in [0.2, 0.25) is 5.91 Å². The summed E-state index contributed by atoms with van der Waals surface area (Å²) in [5, 5.41) is 11.9. The number of carbonyl (C=O) groups excluding carboxylic acids is 1. The SMILES string of the molecule is CN1C(=O)CC(NCC(O)C(F)F)c2ccccc21. The van der Waals surface area contributed by atoms with Gasteiger partial charge in [-0.25, -0.2) is 8.78 Å². The van der Waals surface area contributed by atoms with Crippen molar-refractivity contribution in [3.05, 3.63) is 29.8 Å². The Labute approximate surface area is 110 Å².